The average Bonchev–Trinajstić information content (AvgIpc) is 2.14. The van der Waals surface area contributed by atoms with Gasteiger partial charge in [0.15, 0.2) is 0 Å². The van der Waals surface area contributed by atoms with Crippen LogP contribution in [0.25, 0.3) is 0 Å². The minimum Gasteiger partial charge on any atom is -0.488 e. The maximum Gasteiger partial charge on any atom is 0.120 e. The number of ether oxygens (including phenoxy) is 1. The van der Waals surface area contributed by atoms with Gasteiger partial charge in [0.25, 0.3) is 0 Å². The Balaban J connectivity index is 2.73. The molecule has 15 heavy (non-hydrogen) atoms. The van der Waals surface area contributed by atoms with E-state index in [-0.39, 0.29) is 5.60 Å². The summed E-state index contributed by atoms with van der Waals surface area (Å²) in [6.45, 7) is 6.09. The molecule has 0 aliphatic heterocycles. The summed E-state index contributed by atoms with van der Waals surface area (Å²) in [5.41, 5.74) is 0.837. The van der Waals surface area contributed by atoms with Crippen molar-refractivity contribution >= 4 is 12.6 Å². The Kier molecular flexibility index (Phi) is 4.11. The number of hydrogen-bond donors (Lipinski definition) is 1. The third kappa shape index (κ3) is 4.80. The summed E-state index contributed by atoms with van der Waals surface area (Å²) in [5, 5.41) is 0. The fourth-order valence-electron chi connectivity index (χ4n) is 1.10. The highest BCUT2D eigenvalue weighted by Gasteiger charge is 2.10. The van der Waals surface area contributed by atoms with E-state index in [1.807, 2.05) is 45.0 Å². The van der Waals surface area contributed by atoms with Crippen molar-refractivity contribution in [2.75, 3.05) is 5.75 Å². The van der Waals surface area contributed by atoms with Crippen molar-refractivity contribution in [1.29, 1.82) is 0 Å². The fourth-order valence-corrected chi connectivity index (χ4v) is 1.18. The van der Waals surface area contributed by atoms with Crippen molar-refractivity contribution in [3.05, 3.63) is 29.8 Å². The zero-order valence-corrected chi connectivity index (χ0v) is 10.3. The quantitative estimate of drug-likeness (QED) is 0.565. The number of rotatable bonds is 1. The molecule has 1 aromatic carbocycles. The lowest BCUT2D eigenvalue weighted by Gasteiger charge is -2.21. The van der Waals surface area contributed by atoms with Crippen LogP contribution in [0.1, 0.15) is 26.3 Å². The molecule has 1 rings (SSSR count). The molecule has 0 saturated carbocycles. The summed E-state index contributed by atoms with van der Waals surface area (Å²) in [5.74, 6) is 7.37. The van der Waals surface area contributed by atoms with Crippen LogP contribution in [-0.4, -0.2) is 11.4 Å². The maximum absolute atomic E-state index is 5.70. The average molecular weight is 220 g/mol. The molecule has 80 valence electrons. The van der Waals surface area contributed by atoms with Gasteiger partial charge in [-0.3, -0.25) is 0 Å². The Bertz CT molecular complexity index is 362. The lowest BCUT2D eigenvalue weighted by Crippen LogP contribution is -2.22. The van der Waals surface area contributed by atoms with Crippen LogP contribution in [0, 0.1) is 11.8 Å². The highest BCUT2D eigenvalue weighted by Crippen LogP contribution is 2.17. The van der Waals surface area contributed by atoms with Gasteiger partial charge in [-0.15, -0.1) is 0 Å². The Morgan fingerprint density at radius 1 is 1.20 bits per heavy atom. The molecule has 2 heteroatoms. The molecular weight excluding hydrogens is 204 g/mol. The molecule has 0 atom stereocenters. The van der Waals surface area contributed by atoms with Gasteiger partial charge in [-0.05, 0) is 45.0 Å². The molecule has 0 unspecified atom stereocenters. The Labute approximate surface area is 97.3 Å². The Morgan fingerprint density at radius 3 is 2.27 bits per heavy atom. The van der Waals surface area contributed by atoms with Gasteiger partial charge in [0, 0.05) is 5.56 Å². The first-order chi connectivity index (χ1) is 7.01. The van der Waals surface area contributed by atoms with Gasteiger partial charge in [0.05, 0.1) is 5.75 Å². The fraction of sp³-hybridized carbons (Fsp3) is 0.385. The zero-order valence-electron chi connectivity index (χ0n) is 9.37. The van der Waals surface area contributed by atoms with Crippen molar-refractivity contribution in [2.24, 2.45) is 0 Å². The van der Waals surface area contributed by atoms with Crippen LogP contribution < -0.4 is 4.74 Å². The third-order valence-electron chi connectivity index (χ3n) is 1.59. The van der Waals surface area contributed by atoms with Crippen LogP contribution in [0.3, 0.4) is 0 Å². The van der Waals surface area contributed by atoms with Gasteiger partial charge in [-0.2, -0.15) is 12.6 Å². The van der Waals surface area contributed by atoms with Gasteiger partial charge in [-0.25, -0.2) is 0 Å². The summed E-state index contributed by atoms with van der Waals surface area (Å²) in [7, 11) is 0. The molecule has 1 aromatic rings. The van der Waals surface area contributed by atoms with Crippen LogP contribution in [0.2, 0.25) is 0 Å². The molecule has 0 bridgehead atoms. The van der Waals surface area contributed by atoms with Gasteiger partial charge < -0.3 is 4.74 Å². The maximum atomic E-state index is 5.70. The second kappa shape index (κ2) is 5.14. The highest BCUT2D eigenvalue weighted by atomic mass is 32.1. The Morgan fingerprint density at radius 2 is 1.80 bits per heavy atom. The normalized spacial score (nSPS) is 10.4. The van der Waals surface area contributed by atoms with E-state index in [2.05, 4.69) is 24.5 Å². The van der Waals surface area contributed by atoms with E-state index >= 15 is 0 Å². The number of thiol groups is 1. The molecule has 0 N–H and O–H groups in total. The molecule has 0 spiro atoms. The molecular formula is C13H16OS. The van der Waals surface area contributed by atoms with Gasteiger partial charge >= 0.3 is 0 Å². The van der Waals surface area contributed by atoms with Crippen molar-refractivity contribution in [3.63, 3.8) is 0 Å². The second-order valence-electron chi connectivity index (χ2n) is 4.20. The minimum atomic E-state index is -0.154. The van der Waals surface area contributed by atoms with Crippen molar-refractivity contribution in [1.82, 2.24) is 0 Å². The summed E-state index contributed by atoms with van der Waals surface area (Å²) in [6, 6.07) is 7.79. The first-order valence-corrected chi connectivity index (χ1v) is 5.53. The molecule has 0 aliphatic carbocycles. The first-order valence-electron chi connectivity index (χ1n) is 4.90. The summed E-state index contributed by atoms with van der Waals surface area (Å²) >= 11 is 4.03. The highest BCUT2D eigenvalue weighted by molar-refractivity contribution is 7.80. The van der Waals surface area contributed by atoms with Crippen LogP contribution in [0.4, 0.5) is 0 Å². The van der Waals surface area contributed by atoms with Gasteiger partial charge in [0.2, 0.25) is 0 Å². The lowest BCUT2D eigenvalue weighted by molar-refractivity contribution is 0.131. The van der Waals surface area contributed by atoms with E-state index in [0.717, 1.165) is 11.3 Å². The van der Waals surface area contributed by atoms with E-state index in [4.69, 9.17) is 4.74 Å². The zero-order chi connectivity index (χ0) is 11.3. The SMILES string of the molecule is CC(C)(C)Oc1ccc(C#CCS)cc1. The first kappa shape index (κ1) is 12.0. The van der Waals surface area contributed by atoms with Crippen LogP contribution in [0.15, 0.2) is 24.3 Å². The number of benzene rings is 1. The van der Waals surface area contributed by atoms with Crippen LogP contribution in [0.5, 0.6) is 5.75 Å². The van der Waals surface area contributed by atoms with Crippen LogP contribution in [-0.2, 0) is 0 Å². The lowest BCUT2D eigenvalue weighted by atomic mass is 10.2. The molecule has 0 fully saturated rings. The largest absolute Gasteiger partial charge is 0.488 e. The second-order valence-corrected chi connectivity index (χ2v) is 4.51. The van der Waals surface area contributed by atoms with E-state index in [1.165, 1.54) is 0 Å². The monoisotopic (exact) mass is 220 g/mol. The van der Waals surface area contributed by atoms with Crippen LogP contribution >= 0.6 is 12.6 Å². The van der Waals surface area contributed by atoms with Crippen molar-refractivity contribution < 1.29 is 4.74 Å². The van der Waals surface area contributed by atoms with Crippen molar-refractivity contribution in [3.8, 4) is 17.6 Å². The van der Waals surface area contributed by atoms with E-state index in [9.17, 15) is 0 Å². The summed E-state index contributed by atoms with van der Waals surface area (Å²) in [4.78, 5) is 0. The minimum absolute atomic E-state index is 0.154. The molecule has 0 aromatic heterocycles. The summed E-state index contributed by atoms with van der Waals surface area (Å²) in [6.07, 6.45) is 0. The van der Waals surface area contributed by atoms with Gasteiger partial charge in [0.1, 0.15) is 11.4 Å². The van der Waals surface area contributed by atoms with E-state index in [1.54, 1.807) is 0 Å². The van der Waals surface area contributed by atoms with E-state index in [0.29, 0.717) is 5.75 Å². The molecule has 0 radical (unpaired) electrons. The smallest absolute Gasteiger partial charge is 0.120 e. The summed E-state index contributed by atoms with van der Waals surface area (Å²) < 4.78 is 5.70. The predicted octanol–water partition coefficient (Wildman–Crippen LogP) is 3.15. The standard InChI is InChI=1S/C13H16OS/c1-13(2,3)14-12-8-6-11(7-9-12)5-4-10-15/h6-9,15H,10H2,1-3H3. The number of hydrogen-bond acceptors (Lipinski definition) is 2. The topological polar surface area (TPSA) is 9.23 Å². The predicted molar refractivity (Wildman–Crippen MR) is 67.6 cm³/mol. The Hall–Kier alpha value is -1.07. The molecule has 0 aliphatic rings. The molecule has 0 heterocycles. The molecule has 0 amide bonds. The van der Waals surface area contributed by atoms with E-state index < -0.39 is 0 Å². The third-order valence-corrected chi connectivity index (χ3v) is 1.75. The van der Waals surface area contributed by atoms with Gasteiger partial charge in [-0.1, -0.05) is 11.8 Å². The molecule has 0 saturated heterocycles. The van der Waals surface area contributed by atoms with Crippen molar-refractivity contribution in [2.45, 2.75) is 26.4 Å². The molecule has 1 nitrogen and oxygen atoms in total.